The van der Waals surface area contributed by atoms with Crippen LogP contribution in [-0.2, 0) is 0 Å². The van der Waals surface area contributed by atoms with Crippen LogP contribution < -0.4 is 4.90 Å². The molecule has 49 heavy (non-hydrogen) atoms. The van der Waals surface area contributed by atoms with Crippen LogP contribution in [0.25, 0.3) is 0 Å². The van der Waals surface area contributed by atoms with Gasteiger partial charge in [-0.1, -0.05) is 158 Å². The average molecular weight is 674 g/mol. The maximum Gasteiger partial charge on any atom is 0.128 e. The Kier molecular flexibility index (Phi) is 29.0. The lowest BCUT2D eigenvalue weighted by molar-refractivity contribution is 0.161. The summed E-state index contributed by atoms with van der Waals surface area (Å²) in [5, 5.41) is 0. The molecule has 1 fully saturated rings. The Balaban J connectivity index is 1.57. The topological polar surface area (TPSA) is 19.4 Å². The summed E-state index contributed by atoms with van der Waals surface area (Å²) in [5.74, 6) is 1.15. The fraction of sp³-hybridized carbons (Fsp3) is 0.717. The van der Waals surface area contributed by atoms with Crippen molar-refractivity contribution in [3.8, 4) is 0 Å². The Hall–Kier alpha value is -2.13. The maximum atomic E-state index is 4.62. The van der Waals surface area contributed by atoms with Crippen LogP contribution in [-0.4, -0.2) is 42.1 Å². The average Bonchev–Trinajstić information content (AvgIpc) is 3.14. The molecule has 1 aliphatic heterocycles. The van der Waals surface area contributed by atoms with Crippen LogP contribution in [0.3, 0.4) is 0 Å². The highest BCUT2D eigenvalue weighted by Gasteiger charge is 2.24. The second kappa shape index (κ2) is 33.0. The van der Waals surface area contributed by atoms with Crippen molar-refractivity contribution >= 4 is 5.82 Å². The van der Waals surface area contributed by atoms with E-state index in [0.717, 1.165) is 37.8 Å². The molecular weight excluding hydrogens is 595 g/mol. The number of rotatable bonds is 32. The van der Waals surface area contributed by atoms with Crippen molar-refractivity contribution < 1.29 is 0 Å². The summed E-state index contributed by atoms with van der Waals surface area (Å²) >= 11 is 0. The van der Waals surface area contributed by atoms with Gasteiger partial charge in [0.05, 0.1) is 0 Å². The Morgan fingerprint density at radius 1 is 0.510 bits per heavy atom. The van der Waals surface area contributed by atoms with Gasteiger partial charge in [-0.3, -0.25) is 4.90 Å². The van der Waals surface area contributed by atoms with E-state index in [9.17, 15) is 0 Å². The van der Waals surface area contributed by atoms with Crippen molar-refractivity contribution in [1.82, 2.24) is 9.88 Å². The van der Waals surface area contributed by atoms with E-state index < -0.39 is 0 Å². The van der Waals surface area contributed by atoms with Crippen molar-refractivity contribution in [1.29, 1.82) is 0 Å². The minimum Gasteiger partial charge on any atom is -0.354 e. The number of anilines is 1. The van der Waals surface area contributed by atoms with Gasteiger partial charge < -0.3 is 4.90 Å². The Labute approximate surface area is 305 Å². The number of pyridine rings is 1. The highest BCUT2D eigenvalue weighted by Crippen LogP contribution is 2.22. The number of aromatic nitrogens is 1. The van der Waals surface area contributed by atoms with Gasteiger partial charge in [0.1, 0.15) is 5.82 Å². The van der Waals surface area contributed by atoms with E-state index in [1.165, 1.54) is 167 Å². The quantitative estimate of drug-likeness (QED) is 0.0560. The molecule has 1 aromatic heterocycles. The first-order chi connectivity index (χ1) is 24.3. The zero-order valence-corrected chi connectivity index (χ0v) is 32.6. The van der Waals surface area contributed by atoms with Crippen molar-refractivity contribution in [3.05, 3.63) is 73.0 Å². The molecule has 0 unspecified atom stereocenters. The molecule has 0 N–H and O–H groups in total. The minimum absolute atomic E-state index is 0.766. The Morgan fingerprint density at radius 3 is 1.37 bits per heavy atom. The van der Waals surface area contributed by atoms with Crippen molar-refractivity contribution in [2.24, 2.45) is 0 Å². The number of hydrogen-bond acceptors (Lipinski definition) is 3. The molecule has 1 aliphatic rings. The fourth-order valence-corrected chi connectivity index (χ4v) is 7.10. The van der Waals surface area contributed by atoms with E-state index >= 15 is 0 Å². The molecule has 0 bridgehead atoms. The first-order valence-corrected chi connectivity index (χ1v) is 21.3. The van der Waals surface area contributed by atoms with Crippen LogP contribution in [0.15, 0.2) is 73.0 Å². The van der Waals surface area contributed by atoms with Crippen LogP contribution in [0.1, 0.15) is 181 Å². The molecule has 0 aliphatic carbocycles. The third-order valence-electron chi connectivity index (χ3n) is 10.3. The number of nitrogens with zero attached hydrogens (tertiary/aromatic N) is 3. The number of hydrogen-bond donors (Lipinski definition) is 0. The molecule has 2 heterocycles. The molecule has 0 radical (unpaired) electrons. The van der Waals surface area contributed by atoms with Gasteiger partial charge in [-0.2, -0.15) is 0 Å². The molecule has 1 aromatic rings. The lowest BCUT2D eigenvalue weighted by Crippen LogP contribution is -2.50. The third kappa shape index (κ3) is 24.6. The number of piperazine rings is 1. The van der Waals surface area contributed by atoms with Gasteiger partial charge >= 0.3 is 0 Å². The van der Waals surface area contributed by atoms with Crippen LogP contribution in [0.5, 0.6) is 0 Å². The summed E-state index contributed by atoms with van der Waals surface area (Å²) in [4.78, 5) is 9.93. The van der Waals surface area contributed by atoms with Crippen LogP contribution in [0.4, 0.5) is 5.82 Å². The van der Waals surface area contributed by atoms with Gasteiger partial charge in [0.25, 0.3) is 0 Å². The third-order valence-corrected chi connectivity index (χ3v) is 10.3. The SMILES string of the molecule is CCCCCC=CCC=CCCCCCCCCC(CCCCCCCCC=CCC=CCCCCC)N1CCN(c2ccccn2)CC1. The van der Waals surface area contributed by atoms with Crippen LogP contribution in [0.2, 0.25) is 0 Å². The van der Waals surface area contributed by atoms with E-state index in [-0.39, 0.29) is 0 Å². The Bertz CT molecular complexity index is 892. The minimum atomic E-state index is 0.766. The molecule has 3 heteroatoms. The second-order valence-corrected chi connectivity index (χ2v) is 14.6. The van der Waals surface area contributed by atoms with Crippen molar-refractivity contribution in [2.45, 2.75) is 187 Å². The highest BCUT2D eigenvalue weighted by atomic mass is 15.3. The first-order valence-electron chi connectivity index (χ1n) is 21.3. The van der Waals surface area contributed by atoms with Crippen LogP contribution in [0, 0.1) is 0 Å². The number of allylic oxidation sites excluding steroid dienone is 8. The molecule has 278 valence electrons. The largest absolute Gasteiger partial charge is 0.354 e. The molecule has 2 rings (SSSR count). The van der Waals surface area contributed by atoms with E-state index in [0.29, 0.717) is 0 Å². The van der Waals surface area contributed by atoms with E-state index in [4.69, 9.17) is 0 Å². The lowest BCUT2D eigenvalue weighted by atomic mass is 9.98. The van der Waals surface area contributed by atoms with Gasteiger partial charge in [-0.25, -0.2) is 4.98 Å². The molecule has 3 nitrogen and oxygen atoms in total. The van der Waals surface area contributed by atoms with Gasteiger partial charge in [0.2, 0.25) is 0 Å². The summed E-state index contributed by atoms with van der Waals surface area (Å²) in [6.07, 6.45) is 55.7. The Morgan fingerprint density at radius 2 is 0.939 bits per heavy atom. The normalized spacial score (nSPS) is 15.2. The standard InChI is InChI=1S/C46H79N3/c1-3-5-7-9-11-13-15-17-19-21-23-25-27-29-31-33-37-45(48-41-43-49(44-42-48)46-39-35-36-40-47-46)38-34-32-30-28-26-24-22-20-18-16-14-12-10-8-6-4-2/h11-14,17-20,35-36,39-40,45H,3-10,15-16,21-34,37-38,41-44H2,1-2H3. The zero-order valence-electron chi connectivity index (χ0n) is 32.6. The molecule has 0 saturated carbocycles. The highest BCUT2D eigenvalue weighted by molar-refractivity contribution is 5.38. The molecular formula is C46H79N3. The monoisotopic (exact) mass is 674 g/mol. The predicted octanol–water partition coefficient (Wildman–Crippen LogP) is 14.0. The molecule has 0 aromatic carbocycles. The summed E-state index contributed by atoms with van der Waals surface area (Å²) in [5.41, 5.74) is 0. The molecule has 1 saturated heterocycles. The van der Waals surface area contributed by atoms with Gasteiger partial charge in [0.15, 0.2) is 0 Å². The zero-order chi connectivity index (χ0) is 34.7. The lowest BCUT2D eigenvalue weighted by Gasteiger charge is -2.40. The summed E-state index contributed by atoms with van der Waals surface area (Å²) < 4.78 is 0. The predicted molar refractivity (Wildman–Crippen MR) is 220 cm³/mol. The maximum absolute atomic E-state index is 4.62. The fourth-order valence-electron chi connectivity index (χ4n) is 7.10. The van der Waals surface area contributed by atoms with Gasteiger partial charge in [-0.05, 0) is 89.2 Å². The van der Waals surface area contributed by atoms with Crippen molar-refractivity contribution in [2.75, 3.05) is 31.1 Å². The van der Waals surface area contributed by atoms with Gasteiger partial charge in [0, 0.05) is 38.4 Å². The molecule has 0 spiro atoms. The first kappa shape index (κ1) is 43.0. The summed E-state index contributed by atoms with van der Waals surface area (Å²) in [6.45, 7) is 9.15. The molecule has 0 atom stereocenters. The second-order valence-electron chi connectivity index (χ2n) is 14.6. The summed E-state index contributed by atoms with van der Waals surface area (Å²) in [7, 11) is 0. The summed E-state index contributed by atoms with van der Waals surface area (Å²) in [6, 6.07) is 7.08. The van der Waals surface area contributed by atoms with Gasteiger partial charge in [-0.15, -0.1) is 0 Å². The van der Waals surface area contributed by atoms with E-state index in [2.05, 4.69) is 89.4 Å². The van der Waals surface area contributed by atoms with E-state index in [1.54, 1.807) is 0 Å². The molecule has 0 amide bonds. The van der Waals surface area contributed by atoms with Crippen molar-refractivity contribution in [3.63, 3.8) is 0 Å². The number of unbranched alkanes of at least 4 members (excludes halogenated alkanes) is 18. The van der Waals surface area contributed by atoms with Crippen LogP contribution >= 0.6 is 0 Å². The van der Waals surface area contributed by atoms with E-state index in [1.807, 2.05) is 12.3 Å². The smallest absolute Gasteiger partial charge is 0.128 e.